The fraction of sp³-hybridized carbons (Fsp3) is 0.750. The van der Waals surface area contributed by atoms with Crippen molar-refractivity contribution in [2.24, 2.45) is 34.5 Å². The molecule has 0 bridgehead atoms. The van der Waals surface area contributed by atoms with Gasteiger partial charge < -0.3 is 15.7 Å². The van der Waals surface area contributed by atoms with Gasteiger partial charge in [-0.3, -0.25) is 9.59 Å². The Labute approximate surface area is 192 Å². The highest BCUT2D eigenvalue weighted by atomic mass is 32.2. The summed E-state index contributed by atoms with van der Waals surface area (Å²) < 4.78 is 24.9. The predicted octanol–water partition coefficient (Wildman–Crippen LogP) is 0.398. The number of carbonyl (C=O) groups is 3. The third kappa shape index (κ3) is 5.19. The quantitative estimate of drug-likeness (QED) is 0.302. The van der Waals surface area contributed by atoms with Gasteiger partial charge in [-0.1, -0.05) is 13.8 Å². The average molecular weight is 489 g/mol. The molecule has 1 aliphatic carbocycles. The van der Waals surface area contributed by atoms with Crippen LogP contribution in [0.25, 0.3) is 0 Å². The van der Waals surface area contributed by atoms with Gasteiger partial charge >= 0.3 is 5.97 Å². The van der Waals surface area contributed by atoms with Crippen molar-refractivity contribution in [3.63, 3.8) is 0 Å². The number of carboxylic acid groups (broad SMARTS) is 1. The summed E-state index contributed by atoms with van der Waals surface area (Å²) >= 11 is 1.44. The van der Waals surface area contributed by atoms with Crippen molar-refractivity contribution in [2.45, 2.75) is 58.0 Å². The number of carbonyl (C=O) groups excluding carboxylic acids is 2. The maximum atomic E-state index is 12.9. The van der Waals surface area contributed by atoms with Gasteiger partial charge in [0, 0.05) is 35.5 Å². The Morgan fingerprint density at radius 3 is 2.62 bits per heavy atom. The summed E-state index contributed by atoms with van der Waals surface area (Å²) in [5.41, 5.74) is 5.49. The molecule has 2 fully saturated rings. The number of thioether (sulfide) groups is 1. The molecule has 2 heterocycles. The van der Waals surface area contributed by atoms with E-state index < -0.39 is 16.2 Å². The zero-order valence-corrected chi connectivity index (χ0v) is 20.0. The maximum Gasteiger partial charge on any atom is 0.353 e. The van der Waals surface area contributed by atoms with Crippen molar-refractivity contribution < 1.29 is 27.9 Å². The number of fused-ring (bicyclic) bond motifs is 1. The SMILES string of the molecule is C[C@@H](CC(=O)CCN)[C@H]1C(=O)N2C(C(=O)O)=C(SC[C@H]3CC[C@@H](NS(N)(=O)=O)C3)[C@H](C)[C@H]12. The lowest BCUT2D eigenvalue weighted by Crippen LogP contribution is -2.62. The van der Waals surface area contributed by atoms with E-state index in [1.165, 1.54) is 16.7 Å². The summed E-state index contributed by atoms with van der Waals surface area (Å²) in [6.07, 6.45) is 2.68. The molecule has 32 heavy (non-hydrogen) atoms. The first-order chi connectivity index (χ1) is 14.9. The van der Waals surface area contributed by atoms with E-state index in [4.69, 9.17) is 10.9 Å². The fourth-order valence-corrected chi connectivity index (χ4v) is 7.45. The normalized spacial score (nSPS) is 30.9. The van der Waals surface area contributed by atoms with E-state index in [0.717, 1.165) is 6.42 Å². The van der Waals surface area contributed by atoms with Crippen molar-refractivity contribution in [3.8, 4) is 0 Å². The van der Waals surface area contributed by atoms with E-state index in [9.17, 15) is 27.9 Å². The van der Waals surface area contributed by atoms with Gasteiger partial charge in [0.25, 0.3) is 10.2 Å². The molecule has 12 heteroatoms. The van der Waals surface area contributed by atoms with Crippen LogP contribution in [0.2, 0.25) is 0 Å². The van der Waals surface area contributed by atoms with Crippen molar-refractivity contribution in [2.75, 3.05) is 12.3 Å². The van der Waals surface area contributed by atoms with Crippen molar-refractivity contribution >= 4 is 39.6 Å². The van der Waals surface area contributed by atoms with Crippen LogP contribution < -0.4 is 15.6 Å². The van der Waals surface area contributed by atoms with E-state index >= 15 is 0 Å². The van der Waals surface area contributed by atoms with Crippen LogP contribution in [0.3, 0.4) is 0 Å². The maximum absolute atomic E-state index is 12.9. The number of nitrogens with one attached hydrogen (secondary N) is 1. The number of Topliss-reactive ketones (excluding diaryl/α,β-unsaturated/α-hetero) is 1. The van der Waals surface area contributed by atoms with Gasteiger partial charge in [-0.25, -0.2) is 9.93 Å². The van der Waals surface area contributed by atoms with E-state index in [2.05, 4.69) is 4.72 Å². The number of ketones is 1. The van der Waals surface area contributed by atoms with E-state index in [1.807, 2.05) is 13.8 Å². The number of nitrogens with two attached hydrogens (primary N) is 2. The third-order valence-corrected chi connectivity index (χ3v) is 8.90. The molecule has 3 aliphatic rings. The highest BCUT2D eigenvalue weighted by Gasteiger charge is 2.60. The number of β-lactam (4-membered cyclic amide) rings is 1. The lowest BCUT2D eigenvalue weighted by Gasteiger charge is -2.47. The summed E-state index contributed by atoms with van der Waals surface area (Å²) in [5.74, 6) is -1.17. The zero-order chi connectivity index (χ0) is 23.8. The van der Waals surface area contributed by atoms with Gasteiger partial charge in [-0.15, -0.1) is 11.8 Å². The molecule has 0 radical (unpaired) electrons. The molecule has 0 spiro atoms. The Bertz CT molecular complexity index is 921. The minimum Gasteiger partial charge on any atom is -0.477 e. The minimum absolute atomic E-state index is 0.0156. The smallest absolute Gasteiger partial charge is 0.353 e. The molecule has 6 N–H and O–H groups in total. The van der Waals surface area contributed by atoms with Crippen molar-refractivity contribution in [1.29, 1.82) is 0 Å². The summed E-state index contributed by atoms with van der Waals surface area (Å²) in [6.45, 7) is 4.07. The second-order valence-corrected chi connectivity index (χ2v) is 11.5. The first-order valence-corrected chi connectivity index (χ1v) is 13.4. The Kier molecular flexibility index (Phi) is 7.70. The minimum atomic E-state index is -3.75. The summed E-state index contributed by atoms with van der Waals surface area (Å²) in [7, 11) is -3.75. The Hall–Kier alpha value is -1.47. The Morgan fingerprint density at radius 2 is 2.03 bits per heavy atom. The van der Waals surface area contributed by atoms with Crippen LogP contribution in [0.4, 0.5) is 0 Å². The van der Waals surface area contributed by atoms with Crippen molar-refractivity contribution in [3.05, 3.63) is 10.6 Å². The number of carboxylic acids is 1. The Morgan fingerprint density at radius 1 is 1.34 bits per heavy atom. The summed E-state index contributed by atoms with van der Waals surface area (Å²) in [6, 6.07) is -0.459. The molecular weight excluding hydrogens is 456 g/mol. The zero-order valence-electron chi connectivity index (χ0n) is 18.3. The third-order valence-electron chi connectivity index (χ3n) is 6.72. The van der Waals surface area contributed by atoms with Crippen LogP contribution in [0.5, 0.6) is 0 Å². The lowest BCUT2D eigenvalue weighted by molar-refractivity contribution is -0.160. The van der Waals surface area contributed by atoms with Gasteiger partial charge in [0.1, 0.15) is 11.5 Å². The topological polar surface area (TPSA) is 173 Å². The van der Waals surface area contributed by atoms with Gasteiger partial charge in [0.15, 0.2) is 0 Å². The van der Waals surface area contributed by atoms with E-state index in [-0.39, 0.29) is 72.5 Å². The molecule has 0 aromatic heterocycles. The predicted molar refractivity (Wildman–Crippen MR) is 120 cm³/mol. The first-order valence-electron chi connectivity index (χ1n) is 10.9. The summed E-state index contributed by atoms with van der Waals surface area (Å²) in [5, 5.41) is 14.9. The van der Waals surface area contributed by atoms with Crippen molar-refractivity contribution in [1.82, 2.24) is 9.62 Å². The van der Waals surface area contributed by atoms with E-state index in [0.29, 0.717) is 23.5 Å². The molecule has 2 aliphatic heterocycles. The highest BCUT2D eigenvalue weighted by molar-refractivity contribution is 8.03. The van der Waals surface area contributed by atoms with Gasteiger partial charge in [-0.2, -0.15) is 13.1 Å². The molecule has 3 rings (SSSR count). The van der Waals surface area contributed by atoms with Crippen LogP contribution >= 0.6 is 11.8 Å². The molecule has 1 saturated carbocycles. The van der Waals surface area contributed by atoms with Crippen LogP contribution in [-0.4, -0.2) is 60.5 Å². The molecule has 0 aromatic rings. The summed E-state index contributed by atoms with van der Waals surface area (Å²) in [4.78, 5) is 39.0. The van der Waals surface area contributed by atoms with Gasteiger partial charge in [0.2, 0.25) is 5.91 Å². The van der Waals surface area contributed by atoms with Gasteiger partial charge in [0.05, 0.1) is 12.0 Å². The monoisotopic (exact) mass is 488 g/mol. The molecule has 1 amide bonds. The van der Waals surface area contributed by atoms with Crippen LogP contribution in [-0.2, 0) is 24.6 Å². The van der Waals surface area contributed by atoms with Crippen LogP contribution in [0.1, 0.15) is 46.0 Å². The molecule has 1 saturated heterocycles. The molecule has 0 aromatic carbocycles. The van der Waals surface area contributed by atoms with Crippen LogP contribution in [0.15, 0.2) is 10.6 Å². The van der Waals surface area contributed by atoms with E-state index in [1.54, 1.807) is 0 Å². The Balaban J connectivity index is 1.66. The second-order valence-electron chi connectivity index (χ2n) is 9.14. The number of amides is 1. The molecule has 0 unspecified atom stereocenters. The molecule has 180 valence electrons. The number of rotatable bonds is 11. The first kappa shape index (κ1) is 25.2. The number of nitrogens with zero attached hydrogens (tertiary/aromatic N) is 1. The molecule has 10 nitrogen and oxygen atoms in total. The second kappa shape index (κ2) is 9.80. The standard InChI is InChI=1S/C20H32N4O6S2/c1-10(7-14(25)5-6-21)15-16-11(2)18(17(20(27)28)24(16)19(15)26)31-9-12-3-4-13(8-12)23-32(22,29)30/h10-13,15-16,23H,3-9,21H2,1-2H3,(H,27,28)(H2,22,29,30)/t10-,11+,12-,13+,15+,16+/m0/s1. The average Bonchev–Trinajstić information content (AvgIpc) is 3.19. The van der Waals surface area contributed by atoms with Gasteiger partial charge in [-0.05, 0) is 37.6 Å². The molecule has 6 atom stereocenters. The van der Waals surface area contributed by atoms with Crippen LogP contribution in [0, 0.1) is 23.7 Å². The fourth-order valence-electron chi connectivity index (χ4n) is 5.33. The lowest BCUT2D eigenvalue weighted by atomic mass is 9.73. The number of aliphatic carboxylic acids is 1. The molecular formula is C20H32N4O6S2. The number of hydrogen-bond acceptors (Lipinski definition) is 7. The largest absolute Gasteiger partial charge is 0.477 e. The number of hydrogen-bond donors (Lipinski definition) is 4. The highest BCUT2D eigenvalue weighted by Crippen LogP contribution is 2.52.